The molecule has 1 fully saturated rings. The van der Waals surface area contributed by atoms with Gasteiger partial charge in [0.15, 0.2) is 0 Å². The van der Waals surface area contributed by atoms with Crippen LogP contribution in [0.25, 0.3) is 0 Å². The standard InChI is InChI=1S/C14H17ClF3N3O/c15-11-9(5-6-10(19)12(11)20)13(22)21-8-3-1-7(2-4-8)14(16,17)18/h5-8H,1-4,19-20H2,(H,21,22). The van der Waals surface area contributed by atoms with Gasteiger partial charge in [-0.2, -0.15) is 13.2 Å². The molecular formula is C14H17ClF3N3O. The summed E-state index contributed by atoms with van der Waals surface area (Å²) in [4.78, 5) is 12.2. The monoisotopic (exact) mass is 335 g/mol. The maximum Gasteiger partial charge on any atom is 0.391 e. The van der Waals surface area contributed by atoms with Gasteiger partial charge in [0.05, 0.1) is 27.9 Å². The van der Waals surface area contributed by atoms with Crippen molar-refractivity contribution in [2.24, 2.45) is 5.92 Å². The SMILES string of the molecule is Nc1ccc(C(=O)NC2CCC(C(F)(F)F)CC2)c(Cl)c1N. The van der Waals surface area contributed by atoms with Crippen LogP contribution in [0.5, 0.6) is 0 Å². The molecule has 1 saturated carbocycles. The number of halogens is 4. The molecule has 4 nitrogen and oxygen atoms in total. The molecule has 1 aliphatic rings. The summed E-state index contributed by atoms with van der Waals surface area (Å²) in [5, 5.41) is 2.76. The minimum absolute atomic E-state index is 0.0199. The number of nitrogens with two attached hydrogens (primary N) is 2. The fourth-order valence-electron chi connectivity index (χ4n) is 2.61. The second kappa shape index (κ2) is 6.24. The average molecular weight is 336 g/mol. The van der Waals surface area contributed by atoms with Gasteiger partial charge in [-0.05, 0) is 37.8 Å². The first-order valence-corrected chi connectivity index (χ1v) is 7.29. The van der Waals surface area contributed by atoms with Gasteiger partial charge in [0.25, 0.3) is 5.91 Å². The van der Waals surface area contributed by atoms with Gasteiger partial charge in [-0.25, -0.2) is 0 Å². The highest BCUT2D eigenvalue weighted by Gasteiger charge is 2.41. The molecule has 1 aromatic rings. The van der Waals surface area contributed by atoms with Crippen molar-refractivity contribution in [1.82, 2.24) is 5.32 Å². The van der Waals surface area contributed by atoms with Crippen molar-refractivity contribution in [1.29, 1.82) is 0 Å². The third-order valence-corrected chi connectivity index (χ3v) is 4.39. The van der Waals surface area contributed by atoms with Crippen LogP contribution in [0.2, 0.25) is 5.02 Å². The van der Waals surface area contributed by atoms with Gasteiger partial charge in [-0.3, -0.25) is 4.79 Å². The van der Waals surface area contributed by atoms with E-state index in [1.807, 2.05) is 0 Å². The molecule has 0 spiro atoms. The van der Waals surface area contributed by atoms with Crippen LogP contribution < -0.4 is 16.8 Å². The predicted molar refractivity (Wildman–Crippen MR) is 79.5 cm³/mol. The van der Waals surface area contributed by atoms with Crippen LogP contribution in [-0.4, -0.2) is 18.1 Å². The number of alkyl halides is 3. The van der Waals surface area contributed by atoms with Gasteiger partial charge in [-0.15, -0.1) is 0 Å². The first-order valence-electron chi connectivity index (χ1n) is 6.91. The topological polar surface area (TPSA) is 81.1 Å². The normalized spacial score (nSPS) is 22.4. The lowest BCUT2D eigenvalue weighted by atomic mass is 9.85. The molecule has 1 amide bonds. The molecule has 0 aromatic heterocycles. The molecule has 8 heteroatoms. The van der Waals surface area contributed by atoms with Gasteiger partial charge in [0.1, 0.15) is 0 Å². The minimum Gasteiger partial charge on any atom is -0.397 e. The van der Waals surface area contributed by atoms with E-state index in [0.717, 1.165) is 0 Å². The molecule has 5 N–H and O–H groups in total. The predicted octanol–water partition coefficient (Wildman–Crippen LogP) is 3.36. The Kier molecular flexibility index (Phi) is 4.75. The van der Waals surface area contributed by atoms with Gasteiger partial charge in [0.2, 0.25) is 0 Å². The van der Waals surface area contributed by atoms with Crippen molar-refractivity contribution in [3.8, 4) is 0 Å². The molecule has 1 aromatic carbocycles. The van der Waals surface area contributed by atoms with Gasteiger partial charge >= 0.3 is 6.18 Å². The molecule has 122 valence electrons. The van der Waals surface area contributed by atoms with Crippen LogP contribution in [0.3, 0.4) is 0 Å². The molecule has 0 atom stereocenters. The maximum atomic E-state index is 12.6. The molecule has 0 radical (unpaired) electrons. The third-order valence-electron chi connectivity index (χ3n) is 3.98. The van der Waals surface area contributed by atoms with E-state index in [1.54, 1.807) is 0 Å². The van der Waals surface area contributed by atoms with Crippen molar-refractivity contribution in [3.63, 3.8) is 0 Å². The van der Waals surface area contributed by atoms with Gasteiger partial charge in [0, 0.05) is 6.04 Å². The van der Waals surface area contributed by atoms with Crippen LogP contribution in [-0.2, 0) is 0 Å². The van der Waals surface area contributed by atoms with Crippen LogP contribution in [0, 0.1) is 5.92 Å². The largest absolute Gasteiger partial charge is 0.397 e. The van der Waals surface area contributed by atoms with Crippen LogP contribution in [0.1, 0.15) is 36.0 Å². The fourth-order valence-corrected chi connectivity index (χ4v) is 2.87. The number of nitrogens with one attached hydrogen (secondary N) is 1. The number of carbonyl (C=O) groups excluding carboxylic acids is 1. The summed E-state index contributed by atoms with van der Waals surface area (Å²) in [5.41, 5.74) is 11.8. The summed E-state index contributed by atoms with van der Waals surface area (Å²) in [5.74, 6) is -1.73. The Labute approximate surface area is 131 Å². The number of rotatable bonds is 2. The fraction of sp³-hybridized carbons (Fsp3) is 0.500. The maximum absolute atomic E-state index is 12.6. The molecule has 0 unspecified atom stereocenters. The lowest BCUT2D eigenvalue weighted by molar-refractivity contribution is -0.182. The summed E-state index contributed by atoms with van der Waals surface area (Å²) >= 11 is 5.98. The van der Waals surface area contributed by atoms with Crippen molar-refractivity contribution < 1.29 is 18.0 Å². The minimum atomic E-state index is -4.16. The molecular weight excluding hydrogens is 319 g/mol. The first-order chi connectivity index (χ1) is 10.2. The second-order valence-corrected chi connectivity index (χ2v) is 5.87. The van der Waals surface area contributed by atoms with Crippen molar-refractivity contribution >= 4 is 28.9 Å². The van der Waals surface area contributed by atoms with Crippen molar-refractivity contribution in [3.05, 3.63) is 22.7 Å². The van der Waals surface area contributed by atoms with E-state index in [4.69, 9.17) is 23.1 Å². The van der Waals surface area contributed by atoms with Crippen LogP contribution >= 0.6 is 11.6 Å². The van der Waals surface area contributed by atoms with E-state index in [9.17, 15) is 18.0 Å². The van der Waals surface area contributed by atoms with Gasteiger partial charge < -0.3 is 16.8 Å². The number of hydrogen-bond donors (Lipinski definition) is 3. The third kappa shape index (κ3) is 3.58. The Morgan fingerprint density at radius 2 is 1.77 bits per heavy atom. The number of amides is 1. The van der Waals surface area contributed by atoms with Gasteiger partial charge in [-0.1, -0.05) is 11.6 Å². The molecule has 0 heterocycles. The number of hydrogen-bond acceptors (Lipinski definition) is 3. The Bertz CT molecular complexity index is 569. The molecule has 0 aliphatic heterocycles. The zero-order chi connectivity index (χ0) is 16.5. The smallest absolute Gasteiger partial charge is 0.391 e. The highest BCUT2D eigenvalue weighted by molar-refractivity contribution is 6.36. The Hall–Kier alpha value is -1.63. The Morgan fingerprint density at radius 3 is 2.32 bits per heavy atom. The zero-order valence-electron chi connectivity index (χ0n) is 11.7. The molecule has 22 heavy (non-hydrogen) atoms. The zero-order valence-corrected chi connectivity index (χ0v) is 12.5. The summed E-state index contributed by atoms with van der Waals surface area (Å²) in [6.45, 7) is 0. The molecule has 2 rings (SSSR count). The number of anilines is 2. The second-order valence-electron chi connectivity index (χ2n) is 5.49. The average Bonchev–Trinajstić information content (AvgIpc) is 2.44. The molecule has 1 aliphatic carbocycles. The molecule has 0 bridgehead atoms. The number of nitrogen functional groups attached to an aromatic ring is 2. The lowest BCUT2D eigenvalue weighted by Gasteiger charge is -2.30. The van der Waals surface area contributed by atoms with E-state index in [1.165, 1.54) is 12.1 Å². The summed E-state index contributed by atoms with van der Waals surface area (Å²) < 4.78 is 37.8. The highest BCUT2D eigenvalue weighted by atomic mass is 35.5. The summed E-state index contributed by atoms with van der Waals surface area (Å²) in [7, 11) is 0. The summed E-state index contributed by atoms with van der Waals surface area (Å²) in [6.07, 6.45) is -3.54. The first kappa shape index (κ1) is 16.7. The van der Waals surface area contributed by atoms with Crippen molar-refractivity contribution in [2.75, 3.05) is 11.5 Å². The molecule has 0 saturated heterocycles. The van der Waals surface area contributed by atoms with E-state index in [-0.39, 0.29) is 53.7 Å². The van der Waals surface area contributed by atoms with E-state index in [0.29, 0.717) is 0 Å². The summed E-state index contributed by atoms with van der Waals surface area (Å²) in [6, 6.07) is 2.63. The number of carbonyl (C=O) groups is 1. The van der Waals surface area contributed by atoms with Crippen LogP contribution in [0.15, 0.2) is 12.1 Å². The number of benzene rings is 1. The van der Waals surface area contributed by atoms with E-state index >= 15 is 0 Å². The van der Waals surface area contributed by atoms with Crippen molar-refractivity contribution in [2.45, 2.75) is 37.9 Å². The van der Waals surface area contributed by atoms with E-state index in [2.05, 4.69) is 5.32 Å². The van der Waals surface area contributed by atoms with Crippen LogP contribution in [0.4, 0.5) is 24.5 Å². The highest BCUT2D eigenvalue weighted by Crippen LogP contribution is 2.37. The Morgan fingerprint density at radius 1 is 1.18 bits per heavy atom. The van der Waals surface area contributed by atoms with E-state index < -0.39 is 18.0 Å². The lowest BCUT2D eigenvalue weighted by Crippen LogP contribution is -2.40. The Balaban J connectivity index is 1.98. The quantitative estimate of drug-likeness (QED) is 0.725.